The molecule has 0 amide bonds. The van der Waals surface area contributed by atoms with Crippen LogP contribution >= 0.6 is 0 Å². The van der Waals surface area contributed by atoms with E-state index in [1.165, 1.54) is 5.56 Å². The molecule has 33 heavy (non-hydrogen) atoms. The van der Waals surface area contributed by atoms with E-state index < -0.39 is 6.17 Å². The molecule has 6 rings (SSSR count). The number of likely N-dealkylation sites (N-methyl/N-ethyl adjacent to an activating group) is 1. The summed E-state index contributed by atoms with van der Waals surface area (Å²) in [5.74, 6) is 1.78. The minimum atomic E-state index is -0.826. The van der Waals surface area contributed by atoms with E-state index >= 15 is 0 Å². The molecular weight excluding hydrogens is 421 g/mol. The number of oxazole rings is 1. The molecule has 1 N–H and O–H groups in total. The Bertz CT molecular complexity index is 1310. The van der Waals surface area contributed by atoms with Crippen molar-refractivity contribution in [1.29, 1.82) is 0 Å². The molecule has 1 saturated heterocycles. The lowest BCUT2D eigenvalue weighted by Crippen LogP contribution is -2.36. The van der Waals surface area contributed by atoms with Crippen LogP contribution in [0.2, 0.25) is 0 Å². The Balaban J connectivity index is 1.24. The monoisotopic (exact) mass is 449 g/mol. The number of furan rings is 1. The molecule has 2 aliphatic rings. The topological polar surface area (TPSA) is 70.6 Å². The van der Waals surface area contributed by atoms with Gasteiger partial charge in [-0.3, -0.25) is 0 Å². The molecule has 1 unspecified atom stereocenters. The second kappa shape index (κ2) is 8.02. The maximum Gasteiger partial charge on any atom is 0.298 e. The summed E-state index contributed by atoms with van der Waals surface area (Å²) in [5.41, 5.74) is 4.24. The molecule has 7 nitrogen and oxygen atoms in total. The quantitative estimate of drug-likeness (QED) is 0.466. The predicted molar refractivity (Wildman–Crippen MR) is 127 cm³/mol. The molecule has 0 spiro atoms. The molecular formula is C25H28FN5O2. The van der Waals surface area contributed by atoms with Crippen LogP contribution in [-0.2, 0) is 12.8 Å². The van der Waals surface area contributed by atoms with Gasteiger partial charge >= 0.3 is 0 Å². The standard InChI is InChI=1S/C25H28FN5O2/c1-30(2)17-6-9-21-19(13-17)18-7-10-23(29-24(18)32-21)27-16-5-8-20-22(12-16)33-25(28-20)31-11-3-4-15(26)14-31/h5,7-8,10,12,15,17H,3-4,6,9,11,13-14H2,1-2H3,(H,27,29)/t15-,17?/m0/s1. The summed E-state index contributed by atoms with van der Waals surface area (Å²) in [6, 6.07) is 10.9. The number of alkyl halides is 1. The number of hydrogen-bond donors (Lipinski definition) is 1. The van der Waals surface area contributed by atoms with Crippen LogP contribution < -0.4 is 10.2 Å². The van der Waals surface area contributed by atoms with Crippen molar-refractivity contribution < 1.29 is 13.2 Å². The number of piperidine rings is 1. The van der Waals surface area contributed by atoms with Crippen LogP contribution in [0, 0.1) is 0 Å². The van der Waals surface area contributed by atoms with Gasteiger partial charge in [0.15, 0.2) is 5.58 Å². The van der Waals surface area contributed by atoms with E-state index in [0.717, 1.165) is 54.6 Å². The van der Waals surface area contributed by atoms with E-state index in [1.54, 1.807) is 0 Å². The summed E-state index contributed by atoms with van der Waals surface area (Å²) in [6.07, 6.45) is 3.64. The average molecular weight is 450 g/mol. The van der Waals surface area contributed by atoms with Gasteiger partial charge in [0.25, 0.3) is 6.01 Å². The van der Waals surface area contributed by atoms with E-state index in [4.69, 9.17) is 13.8 Å². The molecule has 1 aliphatic heterocycles. The molecule has 2 atom stereocenters. The van der Waals surface area contributed by atoms with Crippen molar-refractivity contribution in [2.75, 3.05) is 37.4 Å². The first-order valence-electron chi connectivity index (χ1n) is 11.7. The van der Waals surface area contributed by atoms with Crippen molar-refractivity contribution in [2.24, 2.45) is 0 Å². The zero-order valence-corrected chi connectivity index (χ0v) is 19.0. The van der Waals surface area contributed by atoms with Crippen molar-refractivity contribution in [3.05, 3.63) is 41.7 Å². The van der Waals surface area contributed by atoms with Crippen molar-refractivity contribution in [2.45, 2.75) is 44.3 Å². The van der Waals surface area contributed by atoms with Gasteiger partial charge in [0.1, 0.15) is 23.3 Å². The highest BCUT2D eigenvalue weighted by molar-refractivity contribution is 5.83. The third-order valence-electron chi connectivity index (χ3n) is 6.90. The van der Waals surface area contributed by atoms with Crippen molar-refractivity contribution in [3.8, 4) is 0 Å². The smallest absolute Gasteiger partial charge is 0.298 e. The van der Waals surface area contributed by atoms with E-state index in [9.17, 15) is 4.39 Å². The fourth-order valence-corrected chi connectivity index (χ4v) is 5.02. The van der Waals surface area contributed by atoms with Gasteiger partial charge in [-0.2, -0.15) is 9.97 Å². The van der Waals surface area contributed by atoms with Gasteiger partial charge in [0.05, 0.1) is 6.54 Å². The van der Waals surface area contributed by atoms with Gasteiger partial charge < -0.3 is 24.0 Å². The normalized spacial score (nSPS) is 21.2. The molecule has 4 heterocycles. The number of anilines is 3. The van der Waals surface area contributed by atoms with Crippen LogP contribution in [0.25, 0.3) is 22.2 Å². The number of pyridine rings is 1. The molecule has 0 radical (unpaired) electrons. The molecule has 172 valence electrons. The summed E-state index contributed by atoms with van der Waals surface area (Å²) in [6.45, 7) is 1.11. The van der Waals surface area contributed by atoms with Crippen LogP contribution in [0.3, 0.4) is 0 Å². The number of aromatic nitrogens is 2. The molecule has 0 bridgehead atoms. The Kier molecular flexibility index (Phi) is 4.98. The van der Waals surface area contributed by atoms with Crippen LogP contribution in [0.5, 0.6) is 0 Å². The summed E-state index contributed by atoms with van der Waals surface area (Å²) in [7, 11) is 4.27. The Morgan fingerprint density at radius 1 is 1.12 bits per heavy atom. The SMILES string of the molecule is CN(C)C1CCc2oc3nc(Nc4ccc5nc(N6CCC[C@H](F)C6)oc5c4)ccc3c2C1. The Labute approximate surface area is 191 Å². The second-order valence-electron chi connectivity index (χ2n) is 9.40. The molecule has 1 aromatic carbocycles. The summed E-state index contributed by atoms with van der Waals surface area (Å²) in [5, 5.41) is 4.45. The molecule has 3 aromatic heterocycles. The average Bonchev–Trinajstić information content (AvgIpc) is 3.39. The molecule has 0 saturated carbocycles. The van der Waals surface area contributed by atoms with Gasteiger partial charge in [-0.25, -0.2) is 4.39 Å². The van der Waals surface area contributed by atoms with Gasteiger partial charge in [-0.05, 0) is 64.0 Å². The highest BCUT2D eigenvalue weighted by Crippen LogP contribution is 2.34. The maximum absolute atomic E-state index is 13.8. The van der Waals surface area contributed by atoms with E-state index in [1.807, 2.05) is 29.2 Å². The largest absolute Gasteiger partial charge is 0.442 e. The van der Waals surface area contributed by atoms with Gasteiger partial charge in [-0.1, -0.05) is 0 Å². The van der Waals surface area contributed by atoms with Crippen molar-refractivity contribution >= 4 is 39.7 Å². The number of halogens is 1. The lowest BCUT2D eigenvalue weighted by molar-refractivity contribution is 0.260. The minimum Gasteiger partial charge on any atom is -0.442 e. The zero-order chi connectivity index (χ0) is 22.5. The molecule has 1 fully saturated rings. The lowest BCUT2D eigenvalue weighted by atomic mass is 9.91. The highest BCUT2D eigenvalue weighted by Gasteiger charge is 2.26. The van der Waals surface area contributed by atoms with E-state index in [-0.39, 0.29) is 0 Å². The van der Waals surface area contributed by atoms with Gasteiger partial charge in [0.2, 0.25) is 5.71 Å². The first-order valence-corrected chi connectivity index (χ1v) is 11.7. The van der Waals surface area contributed by atoms with Crippen LogP contribution in [0.15, 0.2) is 39.2 Å². The van der Waals surface area contributed by atoms with Crippen molar-refractivity contribution in [1.82, 2.24) is 14.9 Å². The predicted octanol–water partition coefficient (Wildman–Crippen LogP) is 5.07. The molecule has 1 aliphatic carbocycles. The number of fused-ring (bicyclic) bond motifs is 4. The lowest BCUT2D eigenvalue weighted by Gasteiger charge is -2.27. The fourth-order valence-electron chi connectivity index (χ4n) is 5.02. The summed E-state index contributed by atoms with van der Waals surface area (Å²) >= 11 is 0. The number of nitrogens with one attached hydrogen (secondary N) is 1. The summed E-state index contributed by atoms with van der Waals surface area (Å²) in [4.78, 5) is 13.4. The van der Waals surface area contributed by atoms with Crippen LogP contribution in [0.4, 0.5) is 21.9 Å². The Morgan fingerprint density at radius 3 is 2.88 bits per heavy atom. The van der Waals surface area contributed by atoms with E-state index in [2.05, 4.69) is 35.4 Å². The first kappa shape index (κ1) is 20.5. The van der Waals surface area contributed by atoms with Gasteiger partial charge in [0, 0.05) is 41.7 Å². The number of benzene rings is 1. The zero-order valence-electron chi connectivity index (χ0n) is 19.0. The molecule has 4 aromatic rings. The maximum atomic E-state index is 13.8. The number of nitrogens with zero attached hydrogens (tertiary/aromatic N) is 4. The fraction of sp³-hybridized carbons (Fsp3) is 0.440. The summed E-state index contributed by atoms with van der Waals surface area (Å²) < 4.78 is 25.9. The van der Waals surface area contributed by atoms with Gasteiger partial charge in [-0.15, -0.1) is 0 Å². The Morgan fingerprint density at radius 2 is 2.03 bits per heavy atom. The highest BCUT2D eigenvalue weighted by atomic mass is 19.1. The third kappa shape index (κ3) is 3.82. The minimum absolute atomic E-state index is 0.338. The second-order valence-corrected chi connectivity index (χ2v) is 9.40. The third-order valence-corrected chi connectivity index (χ3v) is 6.90. The first-order chi connectivity index (χ1) is 16.0. The van der Waals surface area contributed by atoms with Crippen molar-refractivity contribution in [3.63, 3.8) is 0 Å². The number of aryl methyl sites for hydroxylation is 1. The number of hydrogen-bond acceptors (Lipinski definition) is 7. The van der Waals surface area contributed by atoms with E-state index in [0.29, 0.717) is 42.1 Å². The number of rotatable bonds is 4. The van der Waals surface area contributed by atoms with Crippen LogP contribution in [-0.4, -0.2) is 54.3 Å². The Hall–Kier alpha value is -3.13. The molecule has 8 heteroatoms. The van der Waals surface area contributed by atoms with Crippen LogP contribution in [0.1, 0.15) is 30.6 Å².